The van der Waals surface area contributed by atoms with Gasteiger partial charge in [-0.25, -0.2) is 10.0 Å². The molecule has 1 atom stereocenters. The Bertz CT molecular complexity index is 499. The molecule has 19 heavy (non-hydrogen) atoms. The smallest absolute Gasteiger partial charge is 0.187 e. The van der Waals surface area contributed by atoms with Crippen molar-refractivity contribution in [1.82, 2.24) is 5.01 Å². The van der Waals surface area contributed by atoms with Crippen LogP contribution in [0.3, 0.4) is 0 Å². The number of benzene rings is 1. The van der Waals surface area contributed by atoms with Crippen LogP contribution in [0.5, 0.6) is 0 Å². The van der Waals surface area contributed by atoms with Gasteiger partial charge in [0, 0.05) is 12.0 Å². The van der Waals surface area contributed by atoms with Crippen molar-refractivity contribution >= 4 is 28.8 Å². The fourth-order valence-corrected chi connectivity index (χ4v) is 2.52. The van der Waals surface area contributed by atoms with Crippen LogP contribution in [0.4, 0.5) is 5.69 Å². The van der Waals surface area contributed by atoms with Crippen molar-refractivity contribution in [3.8, 4) is 0 Å². The van der Waals surface area contributed by atoms with E-state index in [1.807, 2.05) is 37.4 Å². The predicted octanol–water partition coefficient (Wildman–Crippen LogP) is 2.99. The third-order valence-electron chi connectivity index (χ3n) is 2.66. The van der Waals surface area contributed by atoms with E-state index in [0.29, 0.717) is 11.7 Å². The van der Waals surface area contributed by atoms with E-state index >= 15 is 0 Å². The molecule has 0 bridgehead atoms. The van der Waals surface area contributed by atoms with E-state index in [1.54, 1.807) is 5.01 Å². The van der Waals surface area contributed by atoms with Crippen molar-refractivity contribution in [1.29, 1.82) is 0 Å². The molecule has 0 spiro atoms. The maximum Gasteiger partial charge on any atom is 0.187 e. The Morgan fingerprint density at radius 1 is 1.42 bits per heavy atom. The third-order valence-corrected chi connectivity index (χ3v) is 3.66. The van der Waals surface area contributed by atoms with Crippen LogP contribution in [0.1, 0.15) is 19.4 Å². The van der Waals surface area contributed by atoms with Crippen LogP contribution >= 0.6 is 11.8 Å². The molecule has 1 aromatic rings. The van der Waals surface area contributed by atoms with Gasteiger partial charge in [-0.05, 0) is 24.5 Å². The Hall–Kier alpha value is -1.33. The van der Waals surface area contributed by atoms with Crippen LogP contribution < -0.4 is 0 Å². The summed E-state index contributed by atoms with van der Waals surface area (Å²) in [5.74, 6) is 0.942. The predicted molar refractivity (Wildman–Crippen MR) is 81.9 cm³/mol. The molecule has 0 radical (unpaired) electrons. The normalized spacial score (nSPS) is 22.1. The second-order valence-electron chi connectivity index (χ2n) is 4.83. The Labute approximate surface area is 118 Å². The van der Waals surface area contributed by atoms with E-state index in [9.17, 15) is 5.11 Å². The number of hydrogen-bond donors (Lipinski definition) is 1. The van der Waals surface area contributed by atoms with Crippen molar-refractivity contribution in [2.75, 3.05) is 5.75 Å². The Balaban J connectivity index is 2.25. The lowest BCUT2D eigenvalue weighted by Crippen LogP contribution is -2.28. The quantitative estimate of drug-likeness (QED) is 0.864. The summed E-state index contributed by atoms with van der Waals surface area (Å²) in [6.07, 6.45) is 1.23. The fraction of sp³-hybridized carbons (Fsp3) is 0.429. The van der Waals surface area contributed by atoms with Gasteiger partial charge in [0.2, 0.25) is 0 Å². The van der Waals surface area contributed by atoms with E-state index in [0.717, 1.165) is 16.4 Å². The molecule has 0 amide bonds. The molecular formula is C14H19N3OS. The van der Waals surface area contributed by atoms with E-state index in [4.69, 9.17) is 0 Å². The SMILES string of the molecule is Cc1ccccc1/N=C1\SCC(O)N1/N=C/C(C)C. The summed E-state index contributed by atoms with van der Waals surface area (Å²) in [6.45, 7) is 6.13. The molecule has 0 aromatic heterocycles. The number of nitrogens with zero attached hydrogens (tertiary/aromatic N) is 3. The Morgan fingerprint density at radius 3 is 2.84 bits per heavy atom. The average molecular weight is 277 g/mol. The largest absolute Gasteiger partial charge is 0.371 e. The molecule has 5 heteroatoms. The van der Waals surface area contributed by atoms with E-state index in [-0.39, 0.29) is 0 Å². The molecule has 4 nitrogen and oxygen atoms in total. The average Bonchev–Trinajstić information content (AvgIpc) is 2.71. The molecule has 2 rings (SSSR count). The second-order valence-corrected chi connectivity index (χ2v) is 5.81. The summed E-state index contributed by atoms with van der Waals surface area (Å²) in [4.78, 5) is 4.60. The number of para-hydroxylation sites is 1. The zero-order chi connectivity index (χ0) is 13.8. The zero-order valence-electron chi connectivity index (χ0n) is 11.4. The maximum atomic E-state index is 9.93. The van der Waals surface area contributed by atoms with E-state index in [2.05, 4.69) is 23.9 Å². The summed E-state index contributed by atoms with van der Waals surface area (Å²) in [5, 5.41) is 16.6. The first-order valence-corrected chi connectivity index (χ1v) is 7.35. The highest BCUT2D eigenvalue weighted by Crippen LogP contribution is 2.27. The van der Waals surface area contributed by atoms with Gasteiger partial charge < -0.3 is 5.11 Å². The maximum absolute atomic E-state index is 9.93. The van der Waals surface area contributed by atoms with Gasteiger partial charge in [0.05, 0.1) is 5.69 Å². The summed E-state index contributed by atoms with van der Waals surface area (Å²) in [6, 6.07) is 7.95. The summed E-state index contributed by atoms with van der Waals surface area (Å²) in [5.41, 5.74) is 2.04. The summed E-state index contributed by atoms with van der Waals surface area (Å²) < 4.78 is 0. The second kappa shape index (κ2) is 6.21. The molecule has 0 saturated carbocycles. The van der Waals surface area contributed by atoms with Crippen LogP contribution in [0.25, 0.3) is 0 Å². The molecule has 1 aliphatic heterocycles. The molecule has 1 heterocycles. The topological polar surface area (TPSA) is 48.2 Å². The van der Waals surface area contributed by atoms with Crippen molar-refractivity contribution in [2.45, 2.75) is 27.0 Å². The minimum absolute atomic E-state index is 0.345. The molecule has 1 saturated heterocycles. The van der Waals surface area contributed by atoms with Crippen LogP contribution in [-0.4, -0.2) is 33.5 Å². The highest BCUT2D eigenvalue weighted by molar-refractivity contribution is 8.14. The van der Waals surface area contributed by atoms with Gasteiger partial charge >= 0.3 is 0 Å². The number of hydrazone groups is 1. The minimum Gasteiger partial charge on any atom is -0.371 e. The van der Waals surface area contributed by atoms with Gasteiger partial charge in [0.15, 0.2) is 11.4 Å². The number of rotatable bonds is 3. The molecule has 1 N–H and O–H groups in total. The van der Waals surface area contributed by atoms with Gasteiger partial charge in [-0.3, -0.25) is 0 Å². The number of aliphatic imine (C=N–C) groups is 1. The van der Waals surface area contributed by atoms with Crippen molar-refractivity contribution in [3.05, 3.63) is 29.8 Å². The molecule has 0 aliphatic carbocycles. The highest BCUT2D eigenvalue weighted by Gasteiger charge is 2.28. The minimum atomic E-state index is -0.595. The first kappa shape index (κ1) is 14.1. The number of amidine groups is 1. The van der Waals surface area contributed by atoms with Crippen molar-refractivity contribution in [3.63, 3.8) is 0 Å². The summed E-state index contributed by atoms with van der Waals surface area (Å²) in [7, 11) is 0. The fourth-order valence-electron chi connectivity index (χ4n) is 1.62. The van der Waals surface area contributed by atoms with Gasteiger partial charge in [-0.2, -0.15) is 5.10 Å². The molecule has 102 valence electrons. The van der Waals surface area contributed by atoms with Crippen LogP contribution in [0.2, 0.25) is 0 Å². The molecule has 1 aliphatic rings. The molecule has 1 unspecified atom stereocenters. The first-order valence-electron chi connectivity index (χ1n) is 6.36. The van der Waals surface area contributed by atoms with Gasteiger partial charge in [0.1, 0.15) is 0 Å². The lowest BCUT2D eigenvalue weighted by atomic mass is 10.2. The molecule has 1 fully saturated rings. The van der Waals surface area contributed by atoms with Gasteiger partial charge in [0.25, 0.3) is 0 Å². The van der Waals surface area contributed by atoms with E-state index < -0.39 is 6.23 Å². The molecule has 1 aromatic carbocycles. The van der Waals surface area contributed by atoms with Crippen LogP contribution in [0, 0.1) is 12.8 Å². The Morgan fingerprint density at radius 2 is 2.16 bits per heavy atom. The lowest BCUT2D eigenvalue weighted by molar-refractivity contribution is 0.0850. The van der Waals surface area contributed by atoms with Crippen LogP contribution in [0.15, 0.2) is 34.4 Å². The highest BCUT2D eigenvalue weighted by atomic mass is 32.2. The molecular weight excluding hydrogens is 258 g/mol. The number of aryl methyl sites for hydroxylation is 1. The van der Waals surface area contributed by atoms with Crippen LogP contribution in [-0.2, 0) is 0 Å². The third kappa shape index (κ3) is 3.58. The number of aliphatic hydroxyl groups is 1. The van der Waals surface area contributed by atoms with Gasteiger partial charge in [-0.1, -0.05) is 43.8 Å². The zero-order valence-corrected chi connectivity index (χ0v) is 12.3. The number of hydrogen-bond acceptors (Lipinski definition) is 4. The number of thioether (sulfide) groups is 1. The van der Waals surface area contributed by atoms with Crippen molar-refractivity contribution in [2.24, 2.45) is 16.0 Å². The lowest BCUT2D eigenvalue weighted by Gasteiger charge is -2.16. The van der Waals surface area contributed by atoms with E-state index in [1.165, 1.54) is 11.8 Å². The number of aliphatic hydroxyl groups excluding tert-OH is 1. The van der Waals surface area contributed by atoms with Crippen molar-refractivity contribution < 1.29 is 5.11 Å². The first-order chi connectivity index (χ1) is 9.08. The Kier molecular flexibility index (Phi) is 4.61. The standard InChI is InChI=1S/C14H19N3OS/c1-10(2)8-15-17-13(18)9-19-14(17)16-12-7-5-4-6-11(12)3/h4-8,10,13,18H,9H2,1-3H3/b15-8+,16-14-. The summed E-state index contributed by atoms with van der Waals surface area (Å²) >= 11 is 1.53. The monoisotopic (exact) mass is 277 g/mol. The van der Waals surface area contributed by atoms with Gasteiger partial charge in [-0.15, -0.1) is 0 Å².